The second-order valence-electron chi connectivity index (χ2n) is 9.64. The van der Waals surface area contributed by atoms with Crippen LogP contribution in [0.2, 0.25) is 5.02 Å². The molecular weight excluding hydrogens is 485 g/mol. The van der Waals surface area contributed by atoms with Crippen LogP contribution >= 0.6 is 11.6 Å². The summed E-state index contributed by atoms with van der Waals surface area (Å²) in [4.78, 5) is 33.6. The van der Waals surface area contributed by atoms with Crippen LogP contribution in [0.4, 0.5) is 4.39 Å². The lowest BCUT2D eigenvalue weighted by Gasteiger charge is -2.42. The van der Waals surface area contributed by atoms with E-state index in [0.29, 0.717) is 54.4 Å². The van der Waals surface area contributed by atoms with E-state index in [2.05, 4.69) is 10.1 Å². The molecule has 0 atom stereocenters. The number of nitrogens with zero attached hydrogens (tertiary/aromatic N) is 5. The molecule has 1 aliphatic heterocycles. The Hall–Kier alpha value is -3.20. The second kappa shape index (κ2) is 9.35. The minimum absolute atomic E-state index is 0.0452. The minimum Gasteiger partial charge on any atom is -0.489 e. The van der Waals surface area contributed by atoms with Gasteiger partial charge in [-0.15, -0.1) is 0 Å². The van der Waals surface area contributed by atoms with Crippen molar-refractivity contribution in [3.05, 3.63) is 57.2 Å². The van der Waals surface area contributed by atoms with Gasteiger partial charge >= 0.3 is 0 Å². The highest BCUT2D eigenvalue weighted by atomic mass is 35.5. The van der Waals surface area contributed by atoms with Crippen LogP contribution in [-0.2, 0) is 17.9 Å². The molecule has 0 unspecified atom stereocenters. The first-order valence-corrected chi connectivity index (χ1v) is 12.6. The Kier molecular flexibility index (Phi) is 6.36. The Balaban J connectivity index is 1.33. The number of ether oxygens (including phenoxy) is 1. The molecule has 1 fully saturated rings. The third kappa shape index (κ3) is 4.19. The summed E-state index contributed by atoms with van der Waals surface area (Å²) in [6.07, 6.45) is 2.02. The fraction of sp³-hybridized carbons (Fsp3) is 0.462. The predicted molar refractivity (Wildman–Crippen MR) is 133 cm³/mol. The van der Waals surface area contributed by atoms with Crippen LogP contribution in [0.25, 0.3) is 5.65 Å². The molecule has 1 aliphatic carbocycles. The van der Waals surface area contributed by atoms with Gasteiger partial charge in [0.15, 0.2) is 5.65 Å². The molecule has 5 rings (SSSR count). The van der Waals surface area contributed by atoms with E-state index in [0.717, 1.165) is 23.4 Å². The Morgan fingerprint density at radius 2 is 2.00 bits per heavy atom. The number of rotatable bonds is 6. The third-order valence-electron chi connectivity index (χ3n) is 7.09. The molecule has 2 amide bonds. The maximum atomic E-state index is 14.1. The molecule has 2 aliphatic rings. The number of carbonyl (C=O) groups is 2. The molecule has 8 nitrogen and oxygen atoms in total. The first-order chi connectivity index (χ1) is 17.2. The van der Waals surface area contributed by atoms with Gasteiger partial charge in [0.25, 0.3) is 5.91 Å². The highest BCUT2D eigenvalue weighted by Gasteiger charge is 2.37. The van der Waals surface area contributed by atoms with E-state index in [-0.39, 0.29) is 29.7 Å². The molecule has 190 valence electrons. The number of carbonyl (C=O) groups excluding carboxylic acids is 2. The molecule has 0 bridgehead atoms. The highest BCUT2D eigenvalue weighted by Crippen LogP contribution is 2.34. The van der Waals surface area contributed by atoms with Gasteiger partial charge < -0.3 is 14.5 Å². The Morgan fingerprint density at radius 3 is 2.69 bits per heavy atom. The molecule has 3 heterocycles. The SMILES string of the molecule is CCCN(C(C)=O)[C@H]1C[C@@H](Oc2cc(F)ccc2C(=O)N2Cc3nn4c(C)c(Cl)c(C)nc4c3C2)C1. The number of aromatic nitrogens is 3. The molecule has 0 saturated heterocycles. The van der Waals surface area contributed by atoms with Gasteiger partial charge in [-0.2, -0.15) is 5.10 Å². The number of amides is 2. The van der Waals surface area contributed by atoms with E-state index < -0.39 is 5.82 Å². The van der Waals surface area contributed by atoms with E-state index in [1.807, 2.05) is 25.7 Å². The van der Waals surface area contributed by atoms with Crippen LogP contribution in [0.5, 0.6) is 5.75 Å². The van der Waals surface area contributed by atoms with Crippen LogP contribution in [-0.4, -0.2) is 54.9 Å². The van der Waals surface area contributed by atoms with Crippen molar-refractivity contribution in [3.63, 3.8) is 0 Å². The number of fused-ring (bicyclic) bond motifs is 3. The Labute approximate surface area is 214 Å². The molecule has 1 saturated carbocycles. The van der Waals surface area contributed by atoms with Gasteiger partial charge in [0.05, 0.1) is 40.8 Å². The lowest BCUT2D eigenvalue weighted by atomic mass is 9.87. The van der Waals surface area contributed by atoms with Gasteiger partial charge in [0, 0.05) is 44.0 Å². The zero-order chi connectivity index (χ0) is 25.7. The lowest BCUT2D eigenvalue weighted by Crippen LogP contribution is -2.51. The average Bonchev–Trinajstić information content (AvgIpc) is 3.37. The van der Waals surface area contributed by atoms with Gasteiger partial charge in [-0.25, -0.2) is 13.9 Å². The summed E-state index contributed by atoms with van der Waals surface area (Å²) in [5.74, 6) is -0.452. The molecule has 10 heteroatoms. The number of aryl methyl sites for hydroxylation is 2. The molecular formula is C26H29ClFN5O3. The Bertz CT molecular complexity index is 1370. The van der Waals surface area contributed by atoms with Crippen LogP contribution in [0.1, 0.15) is 66.1 Å². The maximum absolute atomic E-state index is 14.1. The second-order valence-corrected chi connectivity index (χ2v) is 10.0. The van der Waals surface area contributed by atoms with Crippen molar-refractivity contribution in [2.75, 3.05) is 6.54 Å². The quantitative estimate of drug-likeness (QED) is 0.486. The maximum Gasteiger partial charge on any atom is 0.258 e. The summed E-state index contributed by atoms with van der Waals surface area (Å²) in [5.41, 5.74) is 4.18. The number of halogens is 2. The molecule has 0 radical (unpaired) electrons. The van der Waals surface area contributed by atoms with Gasteiger partial charge in [-0.3, -0.25) is 9.59 Å². The molecule has 2 aromatic heterocycles. The normalized spacial score (nSPS) is 18.8. The molecule has 0 N–H and O–H groups in total. The lowest BCUT2D eigenvalue weighted by molar-refractivity contribution is -0.135. The molecule has 3 aromatic rings. The predicted octanol–water partition coefficient (Wildman–Crippen LogP) is 4.46. The zero-order valence-electron chi connectivity index (χ0n) is 20.8. The van der Waals surface area contributed by atoms with Gasteiger partial charge in [0.2, 0.25) is 5.91 Å². The summed E-state index contributed by atoms with van der Waals surface area (Å²) >= 11 is 6.33. The van der Waals surface area contributed by atoms with Gasteiger partial charge in [-0.05, 0) is 32.4 Å². The van der Waals surface area contributed by atoms with E-state index >= 15 is 0 Å². The molecule has 36 heavy (non-hydrogen) atoms. The van der Waals surface area contributed by atoms with Gasteiger partial charge in [0.1, 0.15) is 17.7 Å². The minimum atomic E-state index is -0.469. The molecule has 1 aromatic carbocycles. The first-order valence-electron chi connectivity index (χ1n) is 12.2. The van der Waals surface area contributed by atoms with Crippen molar-refractivity contribution in [2.24, 2.45) is 0 Å². The molecule has 0 spiro atoms. The van der Waals surface area contributed by atoms with Gasteiger partial charge in [-0.1, -0.05) is 18.5 Å². The topological polar surface area (TPSA) is 80.0 Å². The van der Waals surface area contributed by atoms with E-state index in [9.17, 15) is 14.0 Å². The number of hydrogen-bond acceptors (Lipinski definition) is 5. The van der Waals surface area contributed by atoms with Crippen molar-refractivity contribution in [1.29, 1.82) is 0 Å². The largest absolute Gasteiger partial charge is 0.489 e. The summed E-state index contributed by atoms with van der Waals surface area (Å²) in [6.45, 7) is 8.71. The van der Waals surface area contributed by atoms with E-state index in [4.69, 9.17) is 16.3 Å². The van der Waals surface area contributed by atoms with Crippen LogP contribution in [0.15, 0.2) is 18.2 Å². The van der Waals surface area contributed by atoms with Crippen molar-refractivity contribution >= 4 is 29.1 Å². The van der Waals surface area contributed by atoms with Crippen molar-refractivity contribution in [2.45, 2.75) is 72.2 Å². The highest BCUT2D eigenvalue weighted by molar-refractivity contribution is 6.31. The fourth-order valence-corrected chi connectivity index (χ4v) is 5.23. The van der Waals surface area contributed by atoms with Crippen LogP contribution in [0, 0.1) is 19.7 Å². The summed E-state index contributed by atoms with van der Waals surface area (Å²) in [7, 11) is 0. The van der Waals surface area contributed by atoms with Crippen molar-refractivity contribution in [1.82, 2.24) is 24.4 Å². The Morgan fingerprint density at radius 1 is 1.25 bits per heavy atom. The fourth-order valence-electron chi connectivity index (χ4n) is 5.10. The smallest absolute Gasteiger partial charge is 0.258 e. The van der Waals surface area contributed by atoms with Crippen molar-refractivity contribution in [3.8, 4) is 5.75 Å². The summed E-state index contributed by atoms with van der Waals surface area (Å²) in [6, 6.07) is 4.11. The van der Waals surface area contributed by atoms with E-state index in [1.165, 1.54) is 18.2 Å². The number of hydrogen-bond donors (Lipinski definition) is 0. The van der Waals surface area contributed by atoms with Crippen molar-refractivity contribution < 1.29 is 18.7 Å². The van der Waals surface area contributed by atoms with E-state index in [1.54, 1.807) is 16.3 Å². The first kappa shape index (κ1) is 24.5. The average molecular weight is 514 g/mol. The third-order valence-corrected chi connectivity index (χ3v) is 7.64. The monoisotopic (exact) mass is 513 g/mol. The number of benzene rings is 1. The standard InChI is InChI=1S/C26H29ClFN5O3/c1-5-8-32(16(4)34)18-10-19(11-18)36-23-9-17(28)6-7-20(23)26(35)31-12-21-22(13-31)30-33-15(3)24(27)14(2)29-25(21)33/h6-7,9,18-19H,5,8,10-13H2,1-4H3/t18-,19+. The summed E-state index contributed by atoms with van der Waals surface area (Å²) < 4.78 is 21.9. The van der Waals surface area contributed by atoms with Crippen LogP contribution in [0.3, 0.4) is 0 Å². The zero-order valence-corrected chi connectivity index (χ0v) is 21.6. The summed E-state index contributed by atoms with van der Waals surface area (Å²) in [5, 5.41) is 5.21. The van der Waals surface area contributed by atoms with Crippen LogP contribution < -0.4 is 4.74 Å².